The quantitative estimate of drug-likeness (QED) is 0.944. The lowest BCUT2D eigenvalue weighted by Crippen LogP contribution is -2.28. The molecule has 1 aromatic heterocycles. The van der Waals surface area contributed by atoms with Gasteiger partial charge in [-0.25, -0.2) is 4.39 Å². The summed E-state index contributed by atoms with van der Waals surface area (Å²) in [7, 11) is 0. The summed E-state index contributed by atoms with van der Waals surface area (Å²) < 4.78 is 20.1. The number of pyridine rings is 1. The third-order valence-corrected chi connectivity index (χ3v) is 3.96. The molecule has 3 rings (SSSR count). The van der Waals surface area contributed by atoms with Gasteiger partial charge in [-0.05, 0) is 36.6 Å². The summed E-state index contributed by atoms with van der Waals surface area (Å²) in [6.45, 7) is 1.23. The zero-order chi connectivity index (χ0) is 15.5. The first kappa shape index (κ1) is 14.8. The number of hydrogen-bond donors (Lipinski definition) is 1. The number of aromatic hydroxyl groups is 1. The van der Waals surface area contributed by atoms with Gasteiger partial charge in [-0.15, -0.1) is 0 Å². The molecule has 0 amide bonds. The van der Waals surface area contributed by atoms with Crippen molar-refractivity contribution in [3.63, 3.8) is 0 Å². The molecule has 116 valence electrons. The Bertz CT molecular complexity index is 703. The fourth-order valence-corrected chi connectivity index (χ4v) is 2.74. The second-order valence-electron chi connectivity index (χ2n) is 5.58. The Labute approximate surface area is 127 Å². The van der Waals surface area contributed by atoms with Crippen LogP contribution in [0.15, 0.2) is 41.3 Å². The molecule has 1 fully saturated rings. The molecule has 0 aliphatic carbocycles. The van der Waals surface area contributed by atoms with E-state index in [1.54, 1.807) is 22.9 Å². The SMILES string of the molecule is O=c1c(Cc2ccc(F)cc2)c(O)ccn1CC1CCCO1. The molecule has 0 radical (unpaired) electrons. The van der Waals surface area contributed by atoms with Crippen LogP contribution in [-0.2, 0) is 17.7 Å². The number of aromatic nitrogens is 1. The molecule has 1 aliphatic heterocycles. The molecule has 1 aliphatic rings. The highest BCUT2D eigenvalue weighted by molar-refractivity contribution is 5.34. The second kappa shape index (κ2) is 6.32. The maximum atomic E-state index is 12.9. The van der Waals surface area contributed by atoms with E-state index in [0.29, 0.717) is 12.1 Å². The first-order chi connectivity index (χ1) is 10.6. The lowest BCUT2D eigenvalue weighted by atomic mass is 10.1. The molecule has 2 heterocycles. The Hall–Kier alpha value is -2.14. The summed E-state index contributed by atoms with van der Waals surface area (Å²) >= 11 is 0. The fourth-order valence-electron chi connectivity index (χ4n) is 2.74. The van der Waals surface area contributed by atoms with Crippen LogP contribution in [0.2, 0.25) is 0 Å². The van der Waals surface area contributed by atoms with E-state index in [0.717, 1.165) is 25.0 Å². The fraction of sp³-hybridized carbons (Fsp3) is 0.353. The Morgan fingerprint density at radius 2 is 2.05 bits per heavy atom. The number of ether oxygens (including phenoxy) is 1. The normalized spacial score (nSPS) is 17.8. The highest BCUT2D eigenvalue weighted by Crippen LogP contribution is 2.18. The molecule has 1 atom stereocenters. The van der Waals surface area contributed by atoms with Crippen molar-refractivity contribution in [3.05, 3.63) is 63.8 Å². The van der Waals surface area contributed by atoms with Gasteiger partial charge >= 0.3 is 0 Å². The molecular formula is C17H18FNO3. The molecule has 22 heavy (non-hydrogen) atoms. The summed E-state index contributed by atoms with van der Waals surface area (Å²) in [6, 6.07) is 7.45. The highest BCUT2D eigenvalue weighted by atomic mass is 19.1. The predicted molar refractivity (Wildman–Crippen MR) is 80.5 cm³/mol. The molecule has 2 aromatic rings. The summed E-state index contributed by atoms with van der Waals surface area (Å²) in [5.41, 5.74) is 0.885. The Balaban J connectivity index is 1.86. The van der Waals surface area contributed by atoms with E-state index in [1.165, 1.54) is 18.2 Å². The van der Waals surface area contributed by atoms with Gasteiger partial charge in [0.15, 0.2) is 0 Å². The van der Waals surface area contributed by atoms with Crippen LogP contribution in [0.1, 0.15) is 24.0 Å². The summed E-state index contributed by atoms with van der Waals surface area (Å²) in [5.74, 6) is -0.352. The number of halogens is 1. The number of hydrogen-bond acceptors (Lipinski definition) is 3. The maximum absolute atomic E-state index is 12.9. The third-order valence-electron chi connectivity index (χ3n) is 3.96. The lowest BCUT2D eigenvalue weighted by molar-refractivity contribution is 0.0960. The maximum Gasteiger partial charge on any atom is 0.257 e. The van der Waals surface area contributed by atoms with Crippen LogP contribution in [-0.4, -0.2) is 22.4 Å². The third kappa shape index (κ3) is 3.20. The standard InChI is InChI=1S/C17H18FNO3/c18-13-5-3-12(4-6-13)10-15-16(20)7-8-19(17(15)21)11-14-2-1-9-22-14/h3-8,14,20H,1-2,9-11H2. The molecule has 0 spiro atoms. The molecule has 1 aromatic carbocycles. The van der Waals surface area contributed by atoms with Crippen LogP contribution < -0.4 is 5.56 Å². The van der Waals surface area contributed by atoms with Crippen LogP contribution in [0.25, 0.3) is 0 Å². The van der Waals surface area contributed by atoms with Crippen molar-refractivity contribution in [2.75, 3.05) is 6.61 Å². The molecule has 1 unspecified atom stereocenters. The first-order valence-electron chi connectivity index (χ1n) is 7.41. The Morgan fingerprint density at radius 1 is 1.27 bits per heavy atom. The van der Waals surface area contributed by atoms with E-state index in [4.69, 9.17) is 4.74 Å². The monoisotopic (exact) mass is 303 g/mol. The Kier molecular flexibility index (Phi) is 4.24. The van der Waals surface area contributed by atoms with E-state index in [1.807, 2.05) is 0 Å². The van der Waals surface area contributed by atoms with E-state index < -0.39 is 0 Å². The molecule has 4 nitrogen and oxygen atoms in total. The number of benzene rings is 1. The number of nitrogens with zero attached hydrogens (tertiary/aromatic N) is 1. The van der Waals surface area contributed by atoms with Crippen LogP contribution in [0.3, 0.4) is 0 Å². The average Bonchev–Trinajstić information content (AvgIpc) is 3.01. The van der Waals surface area contributed by atoms with E-state index >= 15 is 0 Å². The van der Waals surface area contributed by atoms with Crippen molar-refractivity contribution >= 4 is 0 Å². The minimum absolute atomic E-state index is 0.0297. The van der Waals surface area contributed by atoms with Crippen molar-refractivity contribution in [2.24, 2.45) is 0 Å². The van der Waals surface area contributed by atoms with Gasteiger partial charge in [0.05, 0.1) is 18.2 Å². The van der Waals surface area contributed by atoms with Gasteiger partial charge in [0, 0.05) is 19.2 Å². The number of rotatable bonds is 4. The minimum Gasteiger partial charge on any atom is -0.507 e. The average molecular weight is 303 g/mol. The van der Waals surface area contributed by atoms with Crippen molar-refractivity contribution in [1.82, 2.24) is 4.57 Å². The molecule has 1 N–H and O–H groups in total. The highest BCUT2D eigenvalue weighted by Gasteiger charge is 2.18. The van der Waals surface area contributed by atoms with Crippen LogP contribution in [0.5, 0.6) is 5.75 Å². The zero-order valence-electron chi connectivity index (χ0n) is 12.2. The Morgan fingerprint density at radius 3 is 2.73 bits per heavy atom. The van der Waals surface area contributed by atoms with E-state index in [-0.39, 0.29) is 29.7 Å². The van der Waals surface area contributed by atoms with Gasteiger partial charge in [0.2, 0.25) is 0 Å². The summed E-state index contributed by atoms with van der Waals surface area (Å²) in [6.07, 6.45) is 3.88. The van der Waals surface area contributed by atoms with Gasteiger partial charge in [-0.3, -0.25) is 4.79 Å². The zero-order valence-corrected chi connectivity index (χ0v) is 12.2. The largest absolute Gasteiger partial charge is 0.507 e. The van der Waals surface area contributed by atoms with Crippen molar-refractivity contribution in [3.8, 4) is 5.75 Å². The smallest absolute Gasteiger partial charge is 0.257 e. The van der Waals surface area contributed by atoms with Crippen LogP contribution in [0.4, 0.5) is 4.39 Å². The second-order valence-corrected chi connectivity index (χ2v) is 5.58. The van der Waals surface area contributed by atoms with Gasteiger partial charge in [0.1, 0.15) is 11.6 Å². The summed E-state index contributed by atoms with van der Waals surface area (Å²) in [5, 5.41) is 9.97. The molecule has 0 saturated carbocycles. The van der Waals surface area contributed by atoms with E-state index in [9.17, 15) is 14.3 Å². The van der Waals surface area contributed by atoms with Crippen molar-refractivity contribution < 1.29 is 14.2 Å². The van der Waals surface area contributed by atoms with Crippen molar-refractivity contribution in [1.29, 1.82) is 0 Å². The molecular weight excluding hydrogens is 285 g/mol. The van der Waals surface area contributed by atoms with Gasteiger partial charge in [-0.1, -0.05) is 12.1 Å². The van der Waals surface area contributed by atoms with Crippen molar-refractivity contribution in [2.45, 2.75) is 31.9 Å². The van der Waals surface area contributed by atoms with E-state index in [2.05, 4.69) is 0 Å². The van der Waals surface area contributed by atoms with Crippen LogP contribution in [0, 0.1) is 5.82 Å². The topological polar surface area (TPSA) is 51.5 Å². The van der Waals surface area contributed by atoms with Gasteiger partial charge in [-0.2, -0.15) is 0 Å². The summed E-state index contributed by atoms with van der Waals surface area (Å²) in [4.78, 5) is 12.5. The lowest BCUT2D eigenvalue weighted by Gasteiger charge is -2.14. The molecule has 0 bridgehead atoms. The first-order valence-corrected chi connectivity index (χ1v) is 7.41. The molecule has 1 saturated heterocycles. The predicted octanol–water partition coefficient (Wildman–Crippen LogP) is 2.46. The molecule has 5 heteroatoms. The van der Waals surface area contributed by atoms with Gasteiger partial charge < -0.3 is 14.4 Å². The van der Waals surface area contributed by atoms with Crippen LogP contribution >= 0.6 is 0 Å². The minimum atomic E-state index is -0.322. The van der Waals surface area contributed by atoms with Gasteiger partial charge in [0.25, 0.3) is 5.56 Å².